The van der Waals surface area contributed by atoms with Crippen LogP contribution in [0.15, 0.2) is 65.7 Å². The van der Waals surface area contributed by atoms with Crippen molar-refractivity contribution in [3.8, 4) is 11.1 Å². The topological polar surface area (TPSA) is 104 Å². The number of aliphatic hydroxyl groups is 1. The lowest BCUT2D eigenvalue weighted by Gasteiger charge is -2.25. The third-order valence-corrected chi connectivity index (χ3v) is 9.37. The summed E-state index contributed by atoms with van der Waals surface area (Å²) in [6.07, 6.45) is 3.81. The second kappa shape index (κ2) is 10.7. The van der Waals surface area contributed by atoms with Crippen LogP contribution in [0.25, 0.3) is 11.1 Å². The van der Waals surface area contributed by atoms with Gasteiger partial charge in [0.05, 0.1) is 41.0 Å². The van der Waals surface area contributed by atoms with Crippen molar-refractivity contribution in [2.75, 3.05) is 6.54 Å². The summed E-state index contributed by atoms with van der Waals surface area (Å²) in [5, 5.41) is 15.3. The first-order valence-corrected chi connectivity index (χ1v) is 15.0. The van der Waals surface area contributed by atoms with Gasteiger partial charge in [-0.05, 0) is 73.8 Å². The van der Waals surface area contributed by atoms with Crippen LogP contribution in [0.3, 0.4) is 0 Å². The van der Waals surface area contributed by atoms with E-state index < -0.39 is 29.2 Å². The number of aromatic amines is 1. The molecular formula is C33H32F3N5O3. The van der Waals surface area contributed by atoms with Gasteiger partial charge in [-0.1, -0.05) is 36.4 Å². The Bertz CT molecular complexity index is 1790. The summed E-state index contributed by atoms with van der Waals surface area (Å²) in [5.74, 6) is -0.149. The number of nitrogens with one attached hydrogen (secondary N) is 1. The number of nitrogens with zero attached hydrogens (tertiary/aromatic N) is 4. The highest BCUT2D eigenvalue weighted by Gasteiger charge is 2.49. The Kier molecular flexibility index (Phi) is 6.95. The first kappa shape index (κ1) is 28.5. The molecule has 1 atom stereocenters. The number of rotatable bonds is 6. The van der Waals surface area contributed by atoms with E-state index in [2.05, 4.69) is 39.2 Å². The SMILES string of the molecule is O=C([C@H](O)c1cccc(C(F)(F)F)c1)N1CCCc2nc(C3(c4cccc(-c5cnn(C6CCC6)c5)c4)CC3)[nH]c(=O)c2C1. The zero-order valence-corrected chi connectivity index (χ0v) is 24.0. The number of amides is 1. The molecule has 228 valence electrons. The first-order valence-electron chi connectivity index (χ1n) is 15.0. The molecule has 0 bridgehead atoms. The highest BCUT2D eigenvalue weighted by Crippen LogP contribution is 2.52. The minimum atomic E-state index is -4.60. The van der Waals surface area contributed by atoms with E-state index in [0.29, 0.717) is 36.0 Å². The Hall–Kier alpha value is -4.25. The van der Waals surface area contributed by atoms with Crippen LogP contribution in [0, 0.1) is 0 Å². The van der Waals surface area contributed by atoms with Crippen molar-refractivity contribution in [2.24, 2.45) is 0 Å². The zero-order valence-electron chi connectivity index (χ0n) is 24.0. The lowest BCUT2D eigenvalue weighted by atomic mass is 9.92. The predicted molar refractivity (Wildman–Crippen MR) is 156 cm³/mol. The summed E-state index contributed by atoms with van der Waals surface area (Å²) in [6.45, 7) is 0.155. The van der Waals surface area contributed by atoms with Crippen molar-refractivity contribution in [2.45, 2.75) is 75.2 Å². The maximum absolute atomic E-state index is 13.5. The predicted octanol–water partition coefficient (Wildman–Crippen LogP) is 5.47. The summed E-state index contributed by atoms with van der Waals surface area (Å²) in [7, 11) is 0. The van der Waals surface area contributed by atoms with E-state index >= 15 is 0 Å². The molecule has 2 N–H and O–H groups in total. The molecule has 0 radical (unpaired) electrons. The Morgan fingerprint density at radius 2 is 1.86 bits per heavy atom. The van der Waals surface area contributed by atoms with E-state index in [1.165, 1.54) is 17.4 Å². The molecule has 1 amide bonds. The third kappa shape index (κ3) is 5.12. The standard InChI is InChI=1S/C33H32F3N5O3/c34-33(35,36)24-8-2-6-21(16-24)28(42)30(44)40-14-4-11-27-26(19-40)29(43)39-31(38-27)32(12-13-32)23-7-1-5-20(15-23)22-17-37-41(18-22)25-9-3-10-25/h1-2,5-8,15-18,25,28,42H,3-4,9-14,19H2,(H,38,39,43)/t28-/m1/s1. The summed E-state index contributed by atoms with van der Waals surface area (Å²) < 4.78 is 41.6. The molecule has 3 heterocycles. The second-order valence-corrected chi connectivity index (χ2v) is 12.2. The zero-order chi connectivity index (χ0) is 30.6. The van der Waals surface area contributed by atoms with Crippen molar-refractivity contribution in [3.63, 3.8) is 0 Å². The van der Waals surface area contributed by atoms with Gasteiger partial charge in [0.1, 0.15) is 5.82 Å². The molecule has 11 heteroatoms. The Morgan fingerprint density at radius 3 is 2.59 bits per heavy atom. The van der Waals surface area contributed by atoms with E-state index in [0.717, 1.165) is 60.6 Å². The lowest BCUT2D eigenvalue weighted by molar-refractivity contribution is -0.142. The highest BCUT2D eigenvalue weighted by atomic mass is 19.4. The van der Waals surface area contributed by atoms with Crippen LogP contribution in [0.1, 0.15) is 84.4 Å². The number of hydrogen-bond donors (Lipinski definition) is 2. The maximum Gasteiger partial charge on any atom is 0.416 e. The number of alkyl halides is 3. The van der Waals surface area contributed by atoms with Gasteiger partial charge >= 0.3 is 6.18 Å². The molecule has 8 nitrogen and oxygen atoms in total. The molecule has 2 aromatic heterocycles. The average Bonchev–Trinajstić information content (AvgIpc) is 3.72. The average molecular weight is 604 g/mol. The van der Waals surface area contributed by atoms with E-state index in [9.17, 15) is 27.9 Å². The number of aliphatic hydroxyl groups excluding tert-OH is 1. The summed E-state index contributed by atoms with van der Waals surface area (Å²) in [5.41, 5.74) is 2.28. The van der Waals surface area contributed by atoms with Crippen LogP contribution in [0.4, 0.5) is 13.2 Å². The Balaban J connectivity index is 1.13. The van der Waals surface area contributed by atoms with Crippen molar-refractivity contribution >= 4 is 5.91 Å². The minimum absolute atomic E-state index is 0.0831. The fourth-order valence-electron chi connectivity index (χ4n) is 6.36. The van der Waals surface area contributed by atoms with Crippen LogP contribution in [0.2, 0.25) is 0 Å². The van der Waals surface area contributed by atoms with Crippen LogP contribution in [0.5, 0.6) is 0 Å². The third-order valence-electron chi connectivity index (χ3n) is 9.37. The van der Waals surface area contributed by atoms with Gasteiger partial charge in [0.2, 0.25) is 0 Å². The van der Waals surface area contributed by atoms with E-state index in [-0.39, 0.29) is 24.2 Å². The number of carbonyl (C=O) groups is 1. The van der Waals surface area contributed by atoms with Crippen LogP contribution < -0.4 is 5.56 Å². The minimum Gasteiger partial charge on any atom is -0.378 e. The molecule has 44 heavy (non-hydrogen) atoms. The molecule has 0 saturated heterocycles. The fourth-order valence-corrected chi connectivity index (χ4v) is 6.36. The van der Waals surface area contributed by atoms with Crippen LogP contribution in [-0.2, 0) is 29.4 Å². The van der Waals surface area contributed by atoms with E-state index in [4.69, 9.17) is 4.98 Å². The molecule has 0 unspecified atom stereocenters. The number of aryl methyl sites for hydroxylation is 1. The maximum atomic E-state index is 13.5. The quantitative estimate of drug-likeness (QED) is 0.305. The van der Waals surface area contributed by atoms with Gasteiger partial charge in [-0.3, -0.25) is 14.3 Å². The molecule has 7 rings (SSSR count). The van der Waals surface area contributed by atoms with Crippen LogP contribution >= 0.6 is 0 Å². The lowest BCUT2D eigenvalue weighted by Crippen LogP contribution is -2.36. The number of aromatic nitrogens is 4. The summed E-state index contributed by atoms with van der Waals surface area (Å²) in [6, 6.07) is 12.9. The molecule has 2 aliphatic carbocycles. The van der Waals surface area contributed by atoms with Gasteiger partial charge < -0.3 is 15.0 Å². The Labute approximate surface area is 251 Å². The second-order valence-electron chi connectivity index (χ2n) is 12.2. The largest absolute Gasteiger partial charge is 0.416 e. The number of H-pyrrole nitrogens is 1. The molecular weight excluding hydrogens is 571 g/mol. The van der Waals surface area contributed by atoms with Crippen LogP contribution in [-0.4, -0.2) is 42.2 Å². The fraction of sp³-hybridized carbons (Fsp3) is 0.394. The van der Waals surface area contributed by atoms with Crippen molar-refractivity contribution in [3.05, 3.63) is 105 Å². The van der Waals surface area contributed by atoms with Crippen molar-refractivity contribution < 1.29 is 23.1 Å². The molecule has 0 spiro atoms. The molecule has 2 fully saturated rings. The molecule has 4 aromatic rings. The van der Waals surface area contributed by atoms with Gasteiger partial charge in [0, 0.05) is 18.3 Å². The van der Waals surface area contributed by atoms with Gasteiger partial charge in [-0.2, -0.15) is 18.3 Å². The van der Waals surface area contributed by atoms with Crippen molar-refractivity contribution in [1.29, 1.82) is 0 Å². The summed E-state index contributed by atoms with van der Waals surface area (Å²) >= 11 is 0. The smallest absolute Gasteiger partial charge is 0.378 e. The summed E-state index contributed by atoms with van der Waals surface area (Å²) in [4.78, 5) is 35.9. The molecule has 3 aliphatic rings. The van der Waals surface area contributed by atoms with Gasteiger partial charge in [-0.25, -0.2) is 4.98 Å². The van der Waals surface area contributed by atoms with Gasteiger partial charge in [0.25, 0.3) is 11.5 Å². The van der Waals surface area contributed by atoms with E-state index in [1.54, 1.807) is 0 Å². The normalized spacial score (nSPS) is 18.7. The molecule has 1 aliphatic heterocycles. The number of hydrogen-bond acceptors (Lipinski definition) is 5. The number of benzene rings is 2. The number of halogens is 3. The monoisotopic (exact) mass is 603 g/mol. The number of fused-ring (bicyclic) bond motifs is 1. The van der Waals surface area contributed by atoms with Gasteiger partial charge in [-0.15, -0.1) is 0 Å². The molecule has 2 aromatic carbocycles. The van der Waals surface area contributed by atoms with E-state index in [1.807, 2.05) is 12.3 Å². The highest BCUT2D eigenvalue weighted by molar-refractivity contribution is 5.82. The number of carbonyl (C=O) groups excluding carboxylic acids is 1. The first-order chi connectivity index (χ1) is 21.1. The molecule has 2 saturated carbocycles. The Morgan fingerprint density at radius 1 is 1.07 bits per heavy atom. The van der Waals surface area contributed by atoms with Gasteiger partial charge in [0.15, 0.2) is 6.10 Å². The van der Waals surface area contributed by atoms with Crippen molar-refractivity contribution in [1.82, 2.24) is 24.6 Å².